The molecule has 0 aromatic heterocycles. The number of methoxy groups -OCH3 is 2. The number of carbonyl (C=O) groups is 1. The second-order valence-electron chi connectivity index (χ2n) is 4.04. The van der Waals surface area contributed by atoms with E-state index in [1.165, 1.54) is 7.11 Å². The fourth-order valence-electron chi connectivity index (χ4n) is 1.54. The van der Waals surface area contributed by atoms with Gasteiger partial charge in [0.1, 0.15) is 5.76 Å². The average Bonchev–Trinajstić information content (AvgIpc) is 2.46. The minimum Gasteiger partial charge on any atom is -0.494 e. The molecule has 0 radical (unpaired) electrons. The standard InChI is InChI=1S/C15H20O4/c1-12(19-11-5-4-10-17-2)13-6-8-14(9-7-13)15(16)18-3/h6-9H,1,4-5,10-11H2,2-3H3. The molecule has 1 aromatic carbocycles. The van der Waals surface area contributed by atoms with E-state index in [4.69, 9.17) is 9.47 Å². The molecule has 0 unspecified atom stereocenters. The maximum absolute atomic E-state index is 11.3. The van der Waals surface area contributed by atoms with Crippen LogP contribution in [0.25, 0.3) is 5.76 Å². The number of benzene rings is 1. The van der Waals surface area contributed by atoms with Crippen molar-refractivity contribution in [3.63, 3.8) is 0 Å². The van der Waals surface area contributed by atoms with Gasteiger partial charge in [0.25, 0.3) is 0 Å². The zero-order valence-corrected chi connectivity index (χ0v) is 11.5. The molecule has 0 bridgehead atoms. The van der Waals surface area contributed by atoms with Gasteiger partial charge >= 0.3 is 5.97 Å². The Bertz CT molecular complexity index is 409. The smallest absolute Gasteiger partial charge is 0.337 e. The summed E-state index contributed by atoms with van der Waals surface area (Å²) in [6, 6.07) is 6.98. The van der Waals surface area contributed by atoms with E-state index >= 15 is 0 Å². The summed E-state index contributed by atoms with van der Waals surface area (Å²) in [6.07, 6.45) is 1.89. The largest absolute Gasteiger partial charge is 0.494 e. The molecule has 0 saturated carbocycles. The van der Waals surface area contributed by atoms with Crippen LogP contribution in [-0.4, -0.2) is 33.4 Å². The van der Waals surface area contributed by atoms with E-state index in [-0.39, 0.29) is 5.97 Å². The van der Waals surface area contributed by atoms with Crippen molar-refractivity contribution in [3.8, 4) is 0 Å². The van der Waals surface area contributed by atoms with Crippen molar-refractivity contribution in [1.29, 1.82) is 0 Å². The lowest BCUT2D eigenvalue weighted by atomic mass is 10.1. The highest BCUT2D eigenvalue weighted by Gasteiger charge is 2.06. The van der Waals surface area contributed by atoms with Crippen molar-refractivity contribution in [2.45, 2.75) is 12.8 Å². The second kappa shape index (κ2) is 8.32. The van der Waals surface area contributed by atoms with Gasteiger partial charge in [-0.2, -0.15) is 0 Å². The third kappa shape index (κ3) is 5.14. The molecule has 1 rings (SSSR count). The Morgan fingerprint density at radius 1 is 1.05 bits per heavy atom. The predicted octanol–water partition coefficient (Wildman–Crippen LogP) is 2.89. The van der Waals surface area contributed by atoms with E-state index in [1.807, 2.05) is 0 Å². The zero-order chi connectivity index (χ0) is 14.1. The van der Waals surface area contributed by atoms with Crippen LogP contribution in [0.1, 0.15) is 28.8 Å². The Balaban J connectivity index is 2.42. The minimum absolute atomic E-state index is 0.349. The molecule has 0 spiro atoms. The highest BCUT2D eigenvalue weighted by molar-refractivity contribution is 5.89. The van der Waals surface area contributed by atoms with Crippen LogP contribution in [0.5, 0.6) is 0 Å². The van der Waals surface area contributed by atoms with E-state index in [0.29, 0.717) is 17.9 Å². The van der Waals surface area contributed by atoms with Crippen LogP contribution >= 0.6 is 0 Å². The third-order valence-electron chi connectivity index (χ3n) is 2.65. The fraction of sp³-hybridized carbons (Fsp3) is 0.400. The summed E-state index contributed by atoms with van der Waals surface area (Å²) in [6.45, 7) is 5.22. The minimum atomic E-state index is -0.349. The fourth-order valence-corrected chi connectivity index (χ4v) is 1.54. The van der Waals surface area contributed by atoms with Gasteiger partial charge in [0.05, 0.1) is 19.3 Å². The molecule has 0 heterocycles. The van der Waals surface area contributed by atoms with Crippen LogP contribution < -0.4 is 0 Å². The second-order valence-corrected chi connectivity index (χ2v) is 4.04. The van der Waals surface area contributed by atoms with Gasteiger partial charge in [-0.25, -0.2) is 4.79 Å². The molecule has 0 fully saturated rings. The maximum Gasteiger partial charge on any atom is 0.337 e. The van der Waals surface area contributed by atoms with Crippen LogP contribution in [-0.2, 0) is 14.2 Å². The first-order valence-electron chi connectivity index (χ1n) is 6.18. The van der Waals surface area contributed by atoms with E-state index in [2.05, 4.69) is 11.3 Å². The summed E-state index contributed by atoms with van der Waals surface area (Å²) in [4.78, 5) is 11.3. The lowest BCUT2D eigenvalue weighted by Crippen LogP contribution is -2.01. The van der Waals surface area contributed by atoms with Crippen molar-refractivity contribution >= 4 is 11.7 Å². The molecule has 0 amide bonds. The van der Waals surface area contributed by atoms with Crippen molar-refractivity contribution in [2.75, 3.05) is 27.4 Å². The van der Waals surface area contributed by atoms with Gasteiger partial charge in [0.2, 0.25) is 0 Å². The molecule has 0 atom stereocenters. The number of rotatable bonds is 8. The van der Waals surface area contributed by atoms with E-state index in [1.54, 1.807) is 31.4 Å². The molecule has 19 heavy (non-hydrogen) atoms. The normalized spacial score (nSPS) is 10.0. The Morgan fingerprint density at radius 2 is 1.63 bits per heavy atom. The first-order valence-corrected chi connectivity index (χ1v) is 6.18. The van der Waals surface area contributed by atoms with Gasteiger partial charge in [0, 0.05) is 19.3 Å². The van der Waals surface area contributed by atoms with Crippen LogP contribution in [0.4, 0.5) is 0 Å². The monoisotopic (exact) mass is 264 g/mol. The highest BCUT2D eigenvalue weighted by Crippen LogP contribution is 2.15. The quantitative estimate of drug-likeness (QED) is 0.411. The van der Waals surface area contributed by atoms with Gasteiger partial charge in [-0.1, -0.05) is 18.7 Å². The van der Waals surface area contributed by atoms with Gasteiger partial charge in [-0.3, -0.25) is 0 Å². The van der Waals surface area contributed by atoms with E-state index in [0.717, 1.165) is 25.0 Å². The first-order chi connectivity index (χ1) is 9.19. The average molecular weight is 264 g/mol. The van der Waals surface area contributed by atoms with Gasteiger partial charge in [-0.15, -0.1) is 0 Å². The molecule has 1 aromatic rings. The van der Waals surface area contributed by atoms with E-state index in [9.17, 15) is 4.79 Å². The lowest BCUT2D eigenvalue weighted by Gasteiger charge is -2.09. The summed E-state index contributed by atoms with van der Waals surface area (Å²) in [5.74, 6) is 0.256. The SMILES string of the molecule is C=C(OCCCCOC)c1ccc(C(=O)OC)cc1. The maximum atomic E-state index is 11.3. The van der Waals surface area contributed by atoms with Crippen molar-refractivity contribution in [3.05, 3.63) is 42.0 Å². The molecule has 0 saturated heterocycles. The Hall–Kier alpha value is -1.81. The topological polar surface area (TPSA) is 44.8 Å². The highest BCUT2D eigenvalue weighted by atomic mass is 16.5. The van der Waals surface area contributed by atoms with Crippen molar-refractivity contribution in [1.82, 2.24) is 0 Å². The Kier molecular flexibility index (Phi) is 6.68. The first kappa shape index (κ1) is 15.2. The number of hydrogen-bond acceptors (Lipinski definition) is 4. The molecule has 4 heteroatoms. The van der Waals surface area contributed by atoms with Crippen molar-refractivity contribution < 1.29 is 19.0 Å². The Labute approximate surface area is 114 Å². The van der Waals surface area contributed by atoms with Gasteiger partial charge in [-0.05, 0) is 25.0 Å². The molecular formula is C15H20O4. The van der Waals surface area contributed by atoms with Gasteiger partial charge in [0.15, 0.2) is 0 Å². The summed E-state index contributed by atoms with van der Waals surface area (Å²) in [7, 11) is 3.04. The van der Waals surface area contributed by atoms with Crippen LogP contribution in [0, 0.1) is 0 Å². The number of ether oxygens (including phenoxy) is 3. The predicted molar refractivity (Wildman–Crippen MR) is 73.9 cm³/mol. The van der Waals surface area contributed by atoms with Crippen molar-refractivity contribution in [2.24, 2.45) is 0 Å². The van der Waals surface area contributed by atoms with Crippen LogP contribution in [0.15, 0.2) is 30.8 Å². The Morgan fingerprint density at radius 3 is 2.21 bits per heavy atom. The molecular weight excluding hydrogens is 244 g/mol. The zero-order valence-electron chi connectivity index (χ0n) is 11.5. The van der Waals surface area contributed by atoms with E-state index < -0.39 is 0 Å². The molecule has 4 nitrogen and oxygen atoms in total. The number of esters is 1. The summed E-state index contributed by atoms with van der Waals surface area (Å²) < 4.78 is 15.1. The van der Waals surface area contributed by atoms with Crippen LogP contribution in [0.3, 0.4) is 0 Å². The molecule has 0 aliphatic heterocycles. The lowest BCUT2D eigenvalue weighted by molar-refractivity contribution is 0.0600. The third-order valence-corrected chi connectivity index (χ3v) is 2.65. The number of unbranched alkanes of at least 4 members (excludes halogenated alkanes) is 1. The number of carbonyl (C=O) groups excluding carboxylic acids is 1. The molecule has 104 valence electrons. The van der Waals surface area contributed by atoms with Crippen LogP contribution in [0.2, 0.25) is 0 Å². The molecule has 0 aliphatic rings. The summed E-state index contributed by atoms with van der Waals surface area (Å²) in [5.41, 5.74) is 1.37. The summed E-state index contributed by atoms with van der Waals surface area (Å²) in [5, 5.41) is 0. The molecule has 0 N–H and O–H groups in total. The number of hydrogen-bond donors (Lipinski definition) is 0. The summed E-state index contributed by atoms with van der Waals surface area (Å²) >= 11 is 0. The molecule has 0 aliphatic carbocycles. The van der Waals surface area contributed by atoms with Gasteiger partial charge < -0.3 is 14.2 Å².